The van der Waals surface area contributed by atoms with E-state index in [1.165, 1.54) is 22.2 Å². The molecule has 34 heavy (non-hydrogen) atoms. The van der Waals surface area contributed by atoms with Crippen molar-refractivity contribution in [1.82, 2.24) is 14.4 Å². The van der Waals surface area contributed by atoms with Crippen LogP contribution in [0.4, 0.5) is 0 Å². The molecule has 0 bridgehead atoms. The lowest BCUT2D eigenvalue weighted by Gasteiger charge is -2.34. The van der Waals surface area contributed by atoms with Gasteiger partial charge in [-0.1, -0.05) is 30.3 Å². The highest BCUT2D eigenvalue weighted by Gasteiger charge is 2.20. The average molecular weight is 480 g/mol. The van der Waals surface area contributed by atoms with Gasteiger partial charge in [-0.2, -0.15) is 0 Å². The van der Waals surface area contributed by atoms with Crippen molar-refractivity contribution in [3.05, 3.63) is 71.4 Å². The molecule has 1 amide bonds. The first-order valence-electron chi connectivity index (χ1n) is 12.1. The summed E-state index contributed by atoms with van der Waals surface area (Å²) in [5.74, 6) is 1.63. The van der Waals surface area contributed by atoms with E-state index < -0.39 is 0 Å². The number of fused-ring (bicyclic) bond motifs is 1. The molecule has 0 unspecified atom stereocenters. The van der Waals surface area contributed by atoms with Crippen molar-refractivity contribution in [2.75, 3.05) is 45.7 Å². The predicted molar refractivity (Wildman–Crippen MR) is 141 cm³/mol. The van der Waals surface area contributed by atoms with Gasteiger partial charge in [0, 0.05) is 73.4 Å². The molecule has 1 aliphatic heterocycles. The molecule has 6 heteroatoms. The summed E-state index contributed by atoms with van der Waals surface area (Å²) in [6, 6.07) is 16.6. The maximum absolute atomic E-state index is 12.9. The molecule has 180 valence electrons. The Kier molecular flexibility index (Phi) is 8.30. The van der Waals surface area contributed by atoms with Crippen molar-refractivity contribution >= 4 is 34.5 Å². The molecule has 0 atom stereocenters. The summed E-state index contributed by atoms with van der Waals surface area (Å²) in [6.07, 6.45) is 5.64. The number of ether oxygens (including phenoxy) is 1. The first-order valence-corrected chi connectivity index (χ1v) is 12.6. The number of alkyl halides is 1. The zero-order chi connectivity index (χ0) is 23.9. The summed E-state index contributed by atoms with van der Waals surface area (Å²) in [5, 5.41) is 1.18. The lowest BCUT2D eigenvalue weighted by molar-refractivity contribution is -0.127. The fourth-order valence-electron chi connectivity index (χ4n) is 4.74. The van der Waals surface area contributed by atoms with Crippen molar-refractivity contribution in [3.63, 3.8) is 0 Å². The minimum atomic E-state index is 0.0874. The SMILES string of the molecule is COc1cccc(CCN2CCN(C(=O)C=Cc3c(C)n(CCCCl)c4ccccc34)CC2)c1. The number of piperazine rings is 1. The standard InChI is InChI=1S/C28H34ClN3O2/c1-22-25(26-9-3-4-10-27(26)32(22)15-6-14-29)11-12-28(33)31-19-17-30(18-20-31)16-13-23-7-5-8-24(21-23)34-2/h3-5,7-12,21H,6,13-20H2,1-2H3. The Morgan fingerprint density at radius 2 is 1.85 bits per heavy atom. The molecule has 3 aromatic rings. The van der Waals surface area contributed by atoms with Crippen LogP contribution in [0, 0.1) is 6.92 Å². The molecule has 0 radical (unpaired) electrons. The Morgan fingerprint density at radius 1 is 1.06 bits per heavy atom. The zero-order valence-corrected chi connectivity index (χ0v) is 20.9. The van der Waals surface area contributed by atoms with Gasteiger partial charge in [-0.15, -0.1) is 11.6 Å². The molecule has 0 aliphatic carbocycles. The number of methoxy groups -OCH3 is 1. The number of amides is 1. The minimum absolute atomic E-state index is 0.0874. The van der Waals surface area contributed by atoms with Gasteiger partial charge in [-0.25, -0.2) is 0 Å². The van der Waals surface area contributed by atoms with Crippen LogP contribution in [0.5, 0.6) is 5.75 Å². The van der Waals surface area contributed by atoms with Crippen molar-refractivity contribution in [1.29, 1.82) is 0 Å². The molecule has 1 aliphatic rings. The number of nitrogens with zero attached hydrogens (tertiary/aromatic N) is 3. The van der Waals surface area contributed by atoms with Crippen LogP contribution >= 0.6 is 11.6 Å². The van der Waals surface area contributed by atoms with Crippen molar-refractivity contribution in [2.45, 2.75) is 26.3 Å². The average Bonchev–Trinajstić information content (AvgIpc) is 3.15. The van der Waals surface area contributed by atoms with Crippen molar-refractivity contribution in [2.24, 2.45) is 0 Å². The molecule has 4 rings (SSSR count). The first kappa shape index (κ1) is 24.4. The van der Waals surface area contributed by atoms with E-state index in [0.29, 0.717) is 5.88 Å². The molecule has 0 spiro atoms. The fraction of sp³-hybridized carbons (Fsp3) is 0.393. The van der Waals surface area contributed by atoms with Gasteiger partial charge in [-0.3, -0.25) is 9.69 Å². The summed E-state index contributed by atoms with van der Waals surface area (Å²) in [7, 11) is 1.70. The number of aromatic nitrogens is 1. The van der Waals surface area contributed by atoms with Gasteiger partial charge in [-0.05, 0) is 49.6 Å². The smallest absolute Gasteiger partial charge is 0.246 e. The Bertz CT molecular complexity index is 1150. The molecular weight excluding hydrogens is 446 g/mol. The monoisotopic (exact) mass is 479 g/mol. The van der Waals surface area contributed by atoms with Gasteiger partial charge in [0.15, 0.2) is 0 Å². The maximum Gasteiger partial charge on any atom is 0.246 e. The molecule has 0 saturated carbocycles. The van der Waals surface area contributed by atoms with Gasteiger partial charge < -0.3 is 14.2 Å². The number of rotatable bonds is 9. The van der Waals surface area contributed by atoms with Gasteiger partial charge >= 0.3 is 0 Å². The topological polar surface area (TPSA) is 37.7 Å². The van der Waals surface area contributed by atoms with E-state index in [4.69, 9.17) is 16.3 Å². The second kappa shape index (κ2) is 11.6. The van der Waals surface area contributed by atoms with Gasteiger partial charge in [0.05, 0.1) is 7.11 Å². The highest BCUT2D eigenvalue weighted by molar-refractivity contribution is 6.17. The molecule has 1 aromatic heterocycles. The van der Waals surface area contributed by atoms with Gasteiger partial charge in [0.2, 0.25) is 5.91 Å². The number of hydrogen-bond acceptors (Lipinski definition) is 3. The van der Waals surface area contributed by atoms with Gasteiger partial charge in [0.25, 0.3) is 0 Å². The van der Waals surface area contributed by atoms with Crippen LogP contribution < -0.4 is 4.74 Å². The molecule has 0 N–H and O–H groups in total. The van der Waals surface area contributed by atoms with E-state index in [1.54, 1.807) is 13.2 Å². The van der Waals surface area contributed by atoms with Crippen LogP contribution in [0.25, 0.3) is 17.0 Å². The maximum atomic E-state index is 12.9. The highest BCUT2D eigenvalue weighted by atomic mass is 35.5. The summed E-state index contributed by atoms with van der Waals surface area (Å²) in [6.45, 7) is 7.33. The fourth-order valence-corrected chi connectivity index (χ4v) is 4.86. The highest BCUT2D eigenvalue weighted by Crippen LogP contribution is 2.27. The Labute approximate surface area is 207 Å². The molecular formula is C28H34ClN3O2. The van der Waals surface area contributed by atoms with E-state index in [1.807, 2.05) is 23.1 Å². The molecule has 5 nitrogen and oxygen atoms in total. The number of carbonyl (C=O) groups excluding carboxylic acids is 1. The van der Waals surface area contributed by atoms with E-state index in [9.17, 15) is 4.79 Å². The minimum Gasteiger partial charge on any atom is -0.497 e. The lowest BCUT2D eigenvalue weighted by atomic mass is 10.1. The number of halogens is 1. The molecule has 1 fully saturated rings. The summed E-state index contributed by atoms with van der Waals surface area (Å²) in [5.41, 5.74) is 4.77. The van der Waals surface area contributed by atoms with Crippen LogP contribution in [0.15, 0.2) is 54.6 Å². The van der Waals surface area contributed by atoms with Crippen molar-refractivity contribution < 1.29 is 9.53 Å². The second-order valence-electron chi connectivity index (χ2n) is 8.81. The van der Waals surface area contributed by atoms with E-state index in [-0.39, 0.29) is 5.91 Å². The van der Waals surface area contributed by atoms with Crippen LogP contribution in [0.3, 0.4) is 0 Å². The molecule has 1 saturated heterocycles. The zero-order valence-electron chi connectivity index (χ0n) is 20.2. The first-order chi connectivity index (χ1) is 16.6. The number of hydrogen-bond donors (Lipinski definition) is 0. The largest absolute Gasteiger partial charge is 0.497 e. The van der Waals surface area contributed by atoms with Crippen molar-refractivity contribution in [3.8, 4) is 5.75 Å². The third-order valence-electron chi connectivity index (χ3n) is 6.72. The Morgan fingerprint density at radius 3 is 2.62 bits per heavy atom. The van der Waals surface area contributed by atoms with Crippen LogP contribution in [-0.4, -0.2) is 66.0 Å². The Hall–Kier alpha value is -2.76. The third-order valence-corrected chi connectivity index (χ3v) is 6.99. The Balaban J connectivity index is 1.35. The number of carbonyl (C=O) groups is 1. The predicted octanol–water partition coefficient (Wildman–Crippen LogP) is 4.99. The number of para-hydroxylation sites is 1. The second-order valence-corrected chi connectivity index (χ2v) is 9.19. The summed E-state index contributed by atoms with van der Waals surface area (Å²) < 4.78 is 7.63. The number of aryl methyl sites for hydroxylation is 1. The lowest BCUT2D eigenvalue weighted by Crippen LogP contribution is -2.48. The van der Waals surface area contributed by atoms with Crippen LogP contribution in [0.1, 0.15) is 23.2 Å². The van der Waals surface area contributed by atoms with Gasteiger partial charge in [0.1, 0.15) is 5.75 Å². The van der Waals surface area contributed by atoms with Crippen LogP contribution in [-0.2, 0) is 17.8 Å². The summed E-state index contributed by atoms with van der Waals surface area (Å²) in [4.78, 5) is 17.3. The number of benzene rings is 2. The normalized spacial score (nSPS) is 14.9. The van der Waals surface area contributed by atoms with Crippen LogP contribution in [0.2, 0.25) is 0 Å². The summed E-state index contributed by atoms with van der Waals surface area (Å²) >= 11 is 5.94. The molecule has 2 aromatic carbocycles. The van der Waals surface area contributed by atoms with E-state index in [0.717, 1.165) is 63.4 Å². The third kappa shape index (κ3) is 5.65. The van der Waals surface area contributed by atoms with E-state index >= 15 is 0 Å². The van der Waals surface area contributed by atoms with E-state index in [2.05, 4.69) is 52.8 Å². The molecule has 2 heterocycles. The quantitative estimate of drug-likeness (QED) is 0.320.